The summed E-state index contributed by atoms with van der Waals surface area (Å²) in [5.41, 5.74) is 0.591. The molecule has 4 nitrogen and oxygen atoms in total. The summed E-state index contributed by atoms with van der Waals surface area (Å²) in [5.74, 6) is 1.18. The number of pyridine rings is 1. The average molecular weight is 217 g/mol. The lowest BCUT2D eigenvalue weighted by atomic mass is 10.0. The Morgan fingerprint density at radius 1 is 1.69 bits per heavy atom. The van der Waals surface area contributed by atoms with Crippen molar-refractivity contribution in [1.29, 1.82) is 5.26 Å². The lowest BCUT2D eigenvalue weighted by Gasteiger charge is -2.20. The van der Waals surface area contributed by atoms with Crippen LogP contribution in [0.2, 0.25) is 0 Å². The molecule has 1 aliphatic heterocycles. The summed E-state index contributed by atoms with van der Waals surface area (Å²) in [6, 6.07) is 5.96. The Balaban J connectivity index is 2.05. The van der Waals surface area contributed by atoms with E-state index in [1.54, 1.807) is 18.3 Å². The normalized spacial score (nSPS) is 21.4. The Labute approximate surface area is 95.3 Å². The van der Waals surface area contributed by atoms with Gasteiger partial charge in [-0.2, -0.15) is 5.26 Å². The van der Waals surface area contributed by atoms with Crippen molar-refractivity contribution in [3.8, 4) is 6.07 Å². The average Bonchev–Trinajstić information content (AvgIpc) is 2.83. The summed E-state index contributed by atoms with van der Waals surface area (Å²) in [4.78, 5) is 4.19. The lowest BCUT2D eigenvalue weighted by Crippen LogP contribution is -2.27. The minimum absolute atomic E-state index is 0.282. The van der Waals surface area contributed by atoms with Gasteiger partial charge in [-0.05, 0) is 25.5 Å². The van der Waals surface area contributed by atoms with Gasteiger partial charge in [-0.3, -0.25) is 0 Å². The van der Waals surface area contributed by atoms with E-state index >= 15 is 0 Å². The molecular formula is C12H15N3O. The highest BCUT2D eigenvalue weighted by Crippen LogP contribution is 2.20. The summed E-state index contributed by atoms with van der Waals surface area (Å²) in [7, 11) is 0. The second-order valence-electron chi connectivity index (χ2n) is 4.07. The van der Waals surface area contributed by atoms with Crippen LogP contribution < -0.4 is 5.32 Å². The fraction of sp³-hybridized carbons (Fsp3) is 0.500. The number of nitrogens with one attached hydrogen (secondary N) is 1. The van der Waals surface area contributed by atoms with Crippen molar-refractivity contribution in [2.24, 2.45) is 5.92 Å². The molecule has 0 aromatic carbocycles. The number of nitrogens with zero attached hydrogens (tertiary/aromatic N) is 2. The second kappa shape index (κ2) is 4.95. The highest BCUT2D eigenvalue weighted by atomic mass is 16.5. The largest absolute Gasteiger partial charge is 0.381 e. The molecular weight excluding hydrogens is 202 g/mol. The first-order valence-corrected chi connectivity index (χ1v) is 5.50. The van der Waals surface area contributed by atoms with Gasteiger partial charge in [0.15, 0.2) is 0 Å². The third kappa shape index (κ3) is 2.31. The van der Waals surface area contributed by atoms with Gasteiger partial charge >= 0.3 is 0 Å². The summed E-state index contributed by atoms with van der Waals surface area (Å²) in [6.45, 7) is 3.74. The highest BCUT2D eigenvalue weighted by molar-refractivity contribution is 5.51. The first-order chi connectivity index (χ1) is 7.81. The van der Waals surface area contributed by atoms with Crippen molar-refractivity contribution < 1.29 is 4.74 Å². The predicted molar refractivity (Wildman–Crippen MR) is 61.0 cm³/mol. The number of hydrogen-bond donors (Lipinski definition) is 1. The zero-order valence-corrected chi connectivity index (χ0v) is 9.31. The van der Waals surface area contributed by atoms with E-state index in [0.717, 1.165) is 19.6 Å². The van der Waals surface area contributed by atoms with E-state index in [1.165, 1.54) is 0 Å². The van der Waals surface area contributed by atoms with Gasteiger partial charge in [0.25, 0.3) is 0 Å². The van der Waals surface area contributed by atoms with Gasteiger partial charge in [-0.15, -0.1) is 0 Å². The van der Waals surface area contributed by atoms with Crippen LogP contribution in [0.1, 0.15) is 18.9 Å². The van der Waals surface area contributed by atoms with Crippen molar-refractivity contribution in [1.82, 2.24) is 4.98 Å². The van der Waals surface area contributed by atoms with Gasteiger partial charge in [0, 0.05) is 24.8 Å². The van der Waals surface area contributed by atoms with Crippen molar-refractivity contribution in [3.63, 3.8) is 0 Å². The van der Waals surface area contributed by atoms with Crippen molar-refractivity contribution in [2.45, 2.75) is 19.4 Å². The minimum atomic E-state index is 0.282. The van der Waals surface area contributed by atoms with Crippen molar-refractivity contribution in [2.75, 3.05) is 18.5 Å². The van der Waals surface area contributed by atoms with Crippen LogP contribution in [0.3, 0.4) is 0 Å². The van der Waals surface area contributed by atoms with Crippen molar-refractivity contribution >= 4 is 5.82 Å². The van der Waals surface area contributed by atoms with E-state index < -0.39 is 0 Å². The van der Waals surface area contributed by atoms with Crippen LogP contribution in [-0.4, -0.2) is 24.2 Å². The molecule has 84 valence electrons. The maximum absolute atomic E-state index is 8.94. The molecule has 2 atom stereocenters. The van der Waals surface area contributed by atoms with Gasteiger partial charge in [-0.1, -0.05) is 0 Å². The summed E-state index contributed by atoms with van der Waals surface area (Å²) in [6.07, 6.45) is 2.77. The molecule has 0 bridgehead atoms. The Kier molecular flexibility index (Phi) is 3.37. The molecule has 0 spiro atoms. The van der Waals surface area contributed by atoms with E-state index in [1.807, 2.05) is 0 Å². The van der Waals surface area contributed by atoms with Crippen molar-refractivity contribution in [3.05, 3.63) is 23.9 Å². The van der Waals surface area contributed by atoms with Crippen LogP contribution in [-0.2, 0) is 4.74 Å². The standard InChI is InChI=1S/C12H15N3O/c1-9(11-4-6-16-8-11)15-12-10(7-13)3-2-5-14-12/h2-3,5,9,11H,4,6,8H2,1H3,(H,14,15). The van der Waals surface area contributed by atoms with Crippen LogP contribution in [0, 0.1) is 17.2 Å². The van der Waals surface area contributed by atoms with Gasteiger partial charge < -0.3 is 10.1 Å². The number of anilines is 1. The summed E-state index contributed by atoms with van der Waals surface area (Å²) < 4.78 is 5.35. The molecule has 0 saturated carbocycles. The Morgan fingerprint density at radius 2 is 2.56 bits per heavy atom. The molecule has 1 aromatic heterocycles. The molecule has 2 rings (SSSR count). The van der Waals surface area contributed by atoms with Crippen LogP contribution in [0.4, 0.5) is 5.82 Å². The zero-order chi connectivity index (χ0) is 11.4. The third-order valence-corrected chi connectivity index (χ3v) is 2.96. The molecule has 1 N–H and O–H groups in total. The molecule has 1 aliphatic rings. The fourth-order valence-corrected chi connectivity index (χ4v) is 1.89. The van der Waals surface area contributed by atoms with E-state index in [4.69, 9.17) is 10.00 Å². The predicted octanol–water partition coefficient (Wildman–Crippen LogP) is 1.79. The zero-order valence-electron chi connectivity index (χ0n) is 9.31. The topological polar surface area (TPSA) is 57.9 Å². The Morgan fingerprint density at radius 3 is 3.25 bits per heavy atom. The quantitative estimate of drug-likeness (QED) is 0.838. The maximum Gasteiger partial charge on any atom is 0.144 e. The number of ether oxygens (including phenoxy) is 1. The number of rotatable bonds is 3. The molecule has 1 fully saturated rings. The number of nitriles is 1. The molecule has 0 radical (unpaired) electrons. The second-order valence-corrected chi connectivity index (χ2v) is 4.07. The highest BCUT2D eigenvalue weighted by Gasteiger charge is 2.22. The Hall–Kier alpha value is -1.60. The van der Waals surface area contributed by atoms with Crippen LogP contribution >= 0.6 is 0 Å². The van der Waals surface area contributed by atoms with Gasteiger partial charge in [-0.25, -0.2) is 4.98 Å². The fourth-order valence-electron chi connectivity index (χ4n) is 1.89. The van der Waals surface area contributed by atoms with E-state index in [9.17, 15) is 0 Å². The third-order valence-electron chi connectivity index (χ3n) is 2.96. The van der Waals surface area contributed by atoms with Crippen LogP contribution in [0.5, 0.6) is 0 Å². The number of hydrogen-bond acceptors (Lipinski definition) is 4. The first-order valence-electron chi connectivity index (χ1n) is 5.50. The minimum Gasteiger partial charge on any atom is -0.381 e. The van der Waals surface area contributed by atoms with Crippen LogP contribution in [0.25, 0.3) is 0 Å². The molecule has 2 heterocycles. The van der Waals surface area contributed by atoms with Gasteiger partial charge in [0.05, 0.1) is 12.2 Å². The monoisotopic (exact) mass is 217 g/mol. The Bertz CT molecular complexity index is 393. The van der Waals surface area contributed by atoms with E-state index in [-0.39, 0.29) is 6.04 Å². The maximum atomic E-state index is 8.94. The molecule has 1 saturated heterocycles. The first kappa shape index (κ1) is 10.9. The SMILES string of the molecule is CC(Nc1ncccc1C#N)C1CCOC1. The summed E-state index contributed by atoms with van der Waals surface area (Å²) >= 11 is 0. The van der Waals surface area contributed by atoms with Crippen LogP contribution in [0.15, 0.2) is 18.3 Å². The molecule has 4 heteroatoms. The molecule has 16 heavy (non-hydrogen) atoms. The molecule has 0 amide bonds. The lowest BCUT2D eigenvalue weighted by molar-refractivity contribution is 0.183. The smallest absolute Gasteiger partial charge is 0.144 e. The molecule has 1 aromatic rings. The molecule has 0 aliphatic carbocycles. The summed E-state index contributed by atoms with van der Waals surface area (Å²) in [5, 5.41) is 12.2. The van der Waals surface area contributed by atoms with E-state index in [0.29, 0.717) is 17.3 Å². The molecule has 2 unspecified atom stereocenters. The van der Waals surface area contributed by atoms with Gasteiger partial charge in [0.1, 0.15) is 11.9 Å². The van der Waals surface area contributed by atoms with E-state index in [2.05, 4.69) is 23.3 Å². The van der Waals surface area contributed by atoms with Gasteiger partial charge in [0.2, 0.25) is 0 Å². The number of aromatic nitrogens is 1.